The number of anilines is 2. The summed E-state index contributed by atoms with van der Waals surface area (Å²) in [5.41, 5.74) is 2.16. The molecule has 0 radical (unpaired) electrons. The third-order valence-corrected chi connectivity index (χ3v) is 5.20. The second-order valence-corrected chi connectivity index (χ2v) is 7.42. The molecular formula is C22H23ClN4O3. The maximum Gasteiger partial charge on any atom is 0.255 e. The average molecular weight is 427 g/mol. The van der Waals surface area contributed by atoms with Gasteiger partial charge < -0.3 is 24.3 Å². The number of carbonyl (C=O) groups excluding carboxylic acids is 1. The number of hydrogen-bond acceptors (Lipinski definition) is 5. The van der Waals surface area contributed by atoms with Crippen molar-refractivity contribution >= 4 is 28.9 Å². The Morgan fingerprint density at radius 3 is 2.67 bits per heavy atom. The number of ether oxygens (including phenoxy) is 2. The lowest BCUT2D eigenvalue weighted by molar-refractivity contribution is 0.102. The third-order valence-electron chi connectivity index (χ3n) is 4.96. The van der Waals surface area contributed by atoms with Crippen LogP contribution in [0.25, 0.3) is 0 Å². The Morgan fingerprint density at radius 1 is 1.20 bits per heavy atom. The van der Waals surface area contributed by atoms with Crippen LogP contribution in [0.2, 0.25) is 5.02 Å². The molecule has 1 fully saturated rings. The lowest BCUT2D eigenvalue weighted by Gasteiger charge is -2.30. The molecule has 8 heteroatoms. The standard InChI is InChI=1S/C22H23ClN4O3/c1-26-9-8-24-21(26)15-30-18-5-2-16(3-6-18)22(28)25-19-14-17(23)4-7-20(19)27-10-12-29-13-11-27/h2-9,14H,10-13,15H2,1H3,(H,25,28). The molecule has 3 aromatic rings. The summed E-state index contributed by atoms with van der Waals surface area (Å²) in [5.74, 6) is 1.29. The van der Waals surface area contributed by atoms with E-state index in [1.54, 1.807) is 36.5 Å². The highest BCUT2D eigenvalue weighted by Crippen LogP contribution is 2.30. The monoisotopic (exact) mass is 426 g/mol. The minimum absolute atomic E-state index is 0.206. The number of aromatic nitrogens is 2. The van der Waals surface area contributed by atoms with Gasteiger partial charge in [-0.2, -0.15) is 0 Å². The zero-order valence-corrected chi connectivity index (χ0v) is 17.4. The number of halogens is 1. The van der Waals surface area contributed by atoms with Gasteiger partial charge in [0.15, 0.2) is 0 Å². The van der Waals surface area contributed by atoms with Gasteiger partial charge in [0.25, 0.3) is 5.91 Å². The van der Waals surface area contributed by atoms with Crippen molar-refractivity contribution in [1.29, 1.82) is 0 Å². The van der Waals surface area contributed by atoms with E-state index in [4.69, 9.17) is 21.1 Å². The lowest BCUT2D eigenvalue weighted by atomic mass is 10.1. The van der Waals surface area contributed by atoms with Crippen molar-refractivity contribution < 1.29 is 14.3 Å². The first-order valence-corrected chi connectivity index (χ1v) is 10.1. The van der Waals surface area contributed by atoms with Crippen LogP contribution >= 0.6 is 11.6 Å². The number of aryl methyl sites for hydroxylation is 1. The van der Waals surface area contributed by atoms with E-state index in [0.717, 1.165) is 24.6 Å². The van der Waals surface area contributed by atoms with E-state index in [0.29, 0.717) is 41.8 Å². The normalized spacial score (nSPS) is 13.9. The first-order valence-electron chi connectivity index (χ1n) is 9.73. The van der Waals surface area contributed by atoms with Gasteiger partial charge in [-0.1, -0.05) is 11.6 Å². The number of amides is 1. The predicted octanol–water partition coefficient (Wildman–Crippen LogP) is 3.74. The fourth-order valence-electron chi connectivity index (χ4n) is 3.27. The maximum atomic E-state index is 12.8. The van der Waals surface area contributed by atoms with Gasteiger partial charge in [-0.15, -0.1) is 0 Å². The molecule has 1 saturated heterocycles. The second kappa shape index (κ2) is 9.19. The Morgan fingerprint density at radius 2 is 1.97 bits per heavy atom. The quantitative estimate of drug-likeness (QED) is 0.650. The van der Waals surface area contributed by atoms with Crippen molar-refractivity contribution in [3.8, 4) is 5.75 Å². The second-order valence-electron chi connectivity index (χ2n) is 6.98. The molecule has 1 aliphatic heterocycles. The van der Waals surface area contributed by atoms with Crippen molar-refractivity contribution in [3.05, 3.63) is 71.3 Å². The van der Waals surface area contributed by atoms with E-state index >= 15 is 0 Å². The summed E-state index contributed by atoms with van der Waals surface area (Å²) in [5, 5.41) is 3.56. The van der Waals surface area contributed by atoms with Crippen molar-refractivity contribution in [2.24, 2.45) is 7.05 Å². The number of benzene rings is 2. The van der Waals surface area contributed by atoms with E-state index in [2.05, 4.69) is 15.2 Å². The molecule has 0 unspecified atom stereocenters. The molecule has 0 saturated carbocycles. The van der Waals surface area contributed by atoms with E-state index < -0.39 is 0 Å². The molecule has 0 spiro atoms. The van der Waals surface area contributed by atoms with Crippen molar-refractivity contribution in [2.75, 3.05) is 36.5 Å². The zero-order chi connectivity index (χ0) is 20.9. The van der Waals surface area contributed by atoms with E-state index in [-0.39, 0.29) is 5.91 Å². The molecule has 1 amide bonds. The van der Waals surface area contributed by atoms with Crippen LogP contribution in [-0.2, 0) is 18.4 Å². The smallest absolute Gasteiger partial charge is 0.255 e. The first-order chi connectivity index (χ1) is 14.6. The molecule has 0 aliphatic carbocycles. The summed E-state index contributed by atoms with van der Waals surface area (Å²) in [7, 11) is 1.92. The summed E-state index contributed by atoms with van der Waals surface area (Å²) in [4.78, 5) is 19.2. The largest absolute Gasteiger partial charge is 0.486 e. The minimum Gasteiger partial charge on any atom is -0.486 e. The van der Waals surface area contributed by atoms with Gasteiger partial charge in [-0.05, 0) is 42.5 Å². The highest BCUT2D eigenvalue weighted by atomic mass is 35.5. The zero-order valence-electron chi connectivity index (χ0n) is 16.7. The fraction of sp³-hybridized carbons (Fsp3) is 0.273. The van der Waals surface area contributed by atoms with Gasteiger partial charge in [0.05, 0.1) is 24.6 Å². The van der Waals surface area contributed by atoms with Crippen LogP contribution in [0.15, 0.2) is 54.9 Å². The number of hydrogen-bond donors (Lipinski definition) is 1. The number of morpholine rings is 1. The number of rotatable bonds is 6. The van der Waals surface area contributed by atoms with Gasteiger partial charge in [0.1, 0.15) is 18.2 Å². The van der Waals surface area contributed by atoms with Crippen LogP contribution in [0.3, 0.4) is 0 Å². The van der Waals surface area contributed by atoms with Crippen LogP contribution in [0, 0.1) is 0 Å². The Bertz CT molecular complexity index is 1010. The van der Waals surface area contributed by atoms with Crippen molar-refractivity contribution in [3.63, 3.8) is 0 Å². The predicted molar refractivity (Wildman–Crippen MR) is 116 cm³/mol. The Kier molecular flexibility index (Phi) is 6.21. The van der Waals surface area contributed by atoms with E-state index in [1.165, 1.54) is 0 Å². The molecule has 0 atom stereocenters. The fourth-order valence-corrected chi connectivity index (χ4v) is 3.44. The number of nitrogens with zero attached hydrogens (tertiary/aromatic N) is 3. The van der Waals surface area contributed by atoms with Gasteiger partial charge >= 0.3 is 0 Å². The van der Waals surface area contributed by atoms with Crippen LogP contribution < -0.4 is 15.0 Å². The molecule has 7 nitrogen and oxygen atoms in total. The van der Waals surface area contributed by atoms with Crippen LogP contribution in [0.1, 0.15) is 16.2 Å². The lowest BCUT2D eigenvalue weighted by Crippen LogP contribution is -2.36. The summed E-state index contributed by atoms with van der Waals surface area (Å²) >= 11 is 6.18. The Hall–Kier alpha value is -3.03. The van der Waals surface area contributed by atoms with Crippen LogP contribution in [0.4, 0.5) is 11.4 Å². The summed E-state index contributed by atoms with van der Waals surface area (Å²) in [6, 6.07) is 12.6. The van der Waals surface area contributed by atoms with Gasteiger partial charge in [0.2, 0.25) is 0 Å². The van der Waals surface area contributed by atoms with Gasteiger partial charge in [-0.3, -0.25) is 4.79 Å². The molecule has 1 aliphatic rings. The Labute approximate surface area is 180 Å². The molecule has 2 heterocycles. The van der Waals surface area contributed by atoms with Crippen molar-refractivity contribution in [2.45, 2.75) is 6.61 Å². The molecule has 2 aromatic carbocycles. The molecule has 0 bridgehead atoms. The molecule has 4 rings (SSSR count). The average Bonchev–Trinajstić information content (AvgIpc) is 3.18. The minimum atomic E-state index is -0.206. The van der Waals surface area contributed by atoms with Crippen LogP contribution in [-0.4, -0.2) is 41.8 Å². The molecule has 30 heavy (non-hydrogen) atoms. The highest BCUT2D eigenvalue weighted by molar-refractivity contribution is 6.31. The SMILES string of the molecule is Cn1ccnc1COc1ccc(C(=O)Nc2cc(Cl)ccc2N2CCOCC2)cc1. The number of imidazole rings is 1. The summed E-state index contributed by atoms with van der Waals surface area (Å²) in [6.45, 7) is 3.23. The maximum absolute atomic E-state index is 12.8. The van der Waals surface area contributed by atoms with E-state index in [1.807, 2.05) is 29.9 Å². The Balaban J connectivity index is 1.43. The molecule has 1 aromatic heterocycles. The van der Waals surface area contributed by atoms with Crippen LogP contribution in [0.5, 0.6) is 5.75 Å². The van der Waals surface area contributed by atoms with E-state index in [9.17, 15) is 4.79 Å². The van der Waals surface area contributed by atoms with Gasteiger partial charge in [-0.25, -0.2) is 4.98 Å². The number of carbonyl (C=O) groups is 1. The first kappa shape index (κ1) is 20.3. The molecule has 156 valence electrons. The van der Waals surface area contributed by atoms with Gasteiger partial charge in [0, 0.05) is 43.1 Å². The molecular weight excluding hydrogens is 404 g/mol. The summed E-state index contributed by atoms with van der Waals surface area (Å²) < 4.78 is 13.1. The number of nitrogens with one attached hydrogen (secondary N) is 1. The van der Waals surface area contributed by atoms with Crippen molar-refractivity contribution in [1.82, 2.24) is 9.55 Å². The molecule has 1 N–H and O–H groups in total. The highest BCUT2D eigenvalue weighted by Gasteiger charge is 2.17. The topological polar surface area (TPSA) is 68.6 Å². The third kappa shape index (κ3) is 4.75. The summed E-state index contributed by atoms with van der Waals surface area (Å²) in [6.07, 6.45) is 3.60.